The van der Waals surface area contributed by atoms with Crippen LogP contribution in [0.1, 0.15) is 18.0 Å². The van der Waals surface area contributed by atoms with Crippen molar-refractivity contribution in [2.45, 2.75) is 12.5 Å². The van der Waals surface area contributed by atoms with Gasteiger partial charge in [0.15, 0.2) is 0 Å². The van der Waals surface area contributed by atoms with Gasteiger partial charge in [0.25, 0.3) is 0 Å². The van der Waals surface area contributed by atoms with Crippen LogP contribution in [0.4, 0.5) is 5.69 Å². The van der Waals surface area contributed by atoms with Gasteiger partial charge in [-0.1, -0.05) is 6.07 Å². The van der Waals surface area contributed by atoms with Crippen LogP contribution in [-0.2, 0) is 4.74 Å². The predicted octanol–water partition coefficient (Wildman–Crippen LogP) is 2.66. The molecule has 0 amide bonds. The minimum absolute atomic E-state index is 0.447. The van der Waals surface area contributed by atoms with E-state index in [0.717, 1.165) is 71.3 Å². The molecule has 0 aliphatic carbocycles. The van der Waals surface area contributed by atoms with Gasteiger partial charge in [-0.15, -0.1) is 0 Å². The van der Waals surface area contributed by atoms with Gasteiger partial charge in [-0.2, -0.15) is 0 Å². The summed E-state index contributed by atoms with van der Waals surface area (Å²) in [5.41, 5.74) is 4.89. The summed E-state index contributed by atoms with van der Waals surface area (Å²) >= 11 is 0. The number of fused-ring (bicyclic) bond motifs is 1. The molecule has 3 aliphatic heterocycles. The maximum absolute atomic E-state index is 6.00. The fraction of sp³-hybridized carbons (Fsp3) is 0.522. The zero-order valence-electron chi connectivity index (χ0n) is 17.2. The molecule has 29 heavy (non-hydrogen) atoms. The number of likely N-dealkylation sites (N-methyl/N-ethyl adjacent to an activating group) is 1. The number of nitrogens with zero attached hydrogens (tertiary/aromatic N) is 4. The molecular weight excluding hydrogens is 364 g/mol. The van der Waals surface area contributed by atoms with Crippen molar-refractivity contribution < 1.29 is 9.47 Å². The van der Waals surface area contributed by atoms with Gasteiger partial charge in [0.1, 0.15) is 5.75 Å². The van der Waals surface area contributed by atoms with Crippen LogP contribution in [0, 0.1) is 0 Å². The van der Waals surface area contributed by atoms with Gasteiger partial charge in [-0.05, 0) is 30.8 Å². The monoisotopic (exact) mass is 394 g/mol. The SMILES string of the molecule is CN1CCN(C2CCOc3ccc(-c4cncc(N5CCOCC5)c4)cc32)CC1. The van der Waals surface area contributed by atoms with E-state index >= 15 is 0 Å². The second kappa shape index (κ2) is 8.30. The van der Waals surface area contributed by atoms with Crippen molar-refractivity contribution in [1.82, 2.24) is 14.8 Å². The minimum atomic E-state index is 0.447. The largest absolute Gasteiger partial charge is 0.493 e. The van der Waals surface area contributed by atoms with Crippen LogP contribution >= 0.6 is 0 Å². The first kappa shape index (κ1) is 18.9. The van der Waals surface area contributed by atoms with Crippen LogP contribution in [0.3, 0.4) is 0 Å². The lowest BCUT2D eigenvalue weighted by molar-refractivity contribution is 0.0856. The second-order valence-corrected chi connectivity index (χ2v) is 8.28. The Morgan fingerprint density at radius 1 is 0.897 bits per heavy atom. The van der Waals surface area contributed by atoms with E-state index in [2.05, 4.69) is 51.0 Å². The Labute approximate surface area is 173 Å². The predicted molar refractivity (Wildman–Crippen MR) is 115 cm³/mol. The summed E-state index contributed by atoms with van der Waals surface area (Å²) in [6.07, 6.45) is 5.00. The number of piperazine rings is 1. The molecule has 2 saturated heterocycles. The summed E-state index contributed by atoms with van der Waals surface area (Å²) in [7, 11) is 2.21. The lowest BCUT2D eigenvalue weighted by Crippen LogP contribution is -2.46. The van der Waals surface area contributed by atoms with E-state index in [-0.39, 0.29) is 0 Å². The molecule has 6 nitrogen and oxygen atoms in total. The lowest BCUT2D eigenvalue weighted by atomic mass is 9.94. The van der Waals surface area contributed by atoms with Crippen molar-refractivity contribution in [2.75, 3.05) is 71.0 Å². The van der Waals surface area contributed by atoms with Crippen molar-refractivity contribution in [1.29, 1.82) is 0 Å². The van der Waals surface area contributed by atoms with Crippen molar-refractivity contribution in [3.63, 3.8) is 0 Å². The average molecular weight is 395 g/mol. The normalized spacial score (nSPS) is 23.5. The molecule has 1 aromatic heterocycles. The van der Waals surface area contributed by atoms with Gasteiger partial charge in [-0.25, -0.2) is 0 Å². The molecule has 154 valence electrons. The summed E-state index contributed by atoms with van der Waals surface area (Å²) in [5.74, 6) is 1.04. The summed E-state index contributed by atoms with van der Waals surface area (Å²) in [6, 6.07) is 9.36. The third kappa shape index (κ3) is 3.97. The molecule has 0 N–H and O–H groups in total. The van der Waals surface area contributed by atoms with Crippen LogP contribution in [0.15, 0.2) is 36.7 Å². The van der Waals surface area contributed by atoms with Gasteiger partial charge in [-0.3, -0.25) is 9.88 Å². The molecule has 1 aromatic carbocycles. The molecule has 0 spiro atoms. The van der Waals surface area contributed by atoms with Crippen LogP contribution < -0.4 is 9.64 Å². The summed E-state index contributed by atoms with van der Waals surface area (Å²) < 4.78 is 11.5. The highest BCUT2D eigenvalue weighted by Gasteiger charge is 2.29. The lowest BCUT2D eigenvalue weighted by Gasteiger charge is -2.40. The van der Waals surface area contributed by atoms with Crippen LogP contribution in [0.5, 0.6) is 5.75 Å². The zero-order chi connectivity index (χ0) is 19.6. The van der Waals surface area contributed by atoms with Gasteiger partial charge in [0.05, 0.1) is 31.7 Å². The molecule has 6 heteroatoms. The summed E-state index contributed by atoms with van der Waals surface area (Å²) in [5, 5.41) is 0. The quantitative estimate of drug-likeness (QED) is 0.797. The number of anilines is 1. The van der Waals surface area contributed by atoms with E-state index < -0.39 is 0 Å². The van der Waals surface area contributed by atoms with Gasteiger partial charge in [0.2, 0.25) is 0 Å². The fourth-order valence-electron chi connectivity index (χ4n) is 4.65. The first-order valence-electron chi connectivity index (χ1n) is 10.8. The van der Waals surface area contributed by atoms with E-state index in [4.69, 9.17) is 9.47 Å². The average Bonchev–Trinajstić information content (AvgIpc) is 2.80. The number of hydrogen-bond donors (Lipinski definition) is 0. The number of aromatic nitrogens is 1. The van der Waals surface area contributed by atoms with Crippen molar-refractivity contribution in [2.24, 2.45) is 0 Å². The highest BCUT2D eigenvalue weighted by molar-refractivity contribution is 5.69. The molecule has 2 aromatic rings. The van der Waals surface area contributed by atoms with E-state index in [1.54, 1.807) is 0 Å². The van der Waals surface area contributed by atoms with Gasteiger partial charge < -0.3 is 19.3 Å². The standard InChI is InChI=1S/C23H30N4O2/c1-25-5-7-27(8-6-25)22-4-11-29-23-3-2-18(15-21(22)23)19-14-20(17-24-16-19)26-9-12-28-13-10-26/h2-3,14-17,22H,4-13H2,1H3. The highest BCUT2D eigenvalue weighted by atomic mass is 16.5. The number of morpholine rings is 1. The van der Waals surface area contributed by atoms with E-state index in [1.807, 2.05) is 12.4 Å². The number of pyridine rings is 1. The highest BCUT2D eigenvalue weighted by Crippen LogP contribution is 2.39. The molecule has 0 bridgehead atoms. The van der Waals surface area contributed by atoms with Crippen molar-refractivity contribution in [3.8, 4) is 16.9 Å². The molecule has 2 fully saturated rings. The smallest absolute Gasteiger partial charge is 0.124 e. The fourth-order valence-corrected chi connectivity index (χ4v) is 4.65. The zero-order valence-corrected chi connectivity index (χ0v) is 17.2. The Hall–Kier alpha value is -2.15. The number of ether oxygens (including phenoxy) is 2. The first-order valence-corrected chi connectivity index (χ1v) is 10.8. The summed E-state index contributed by atoms with van der Waals surface area (Å²) in [4.78, 5) is 11.9. The van der Waals surface area contributed by atoms with Crippen LogP contribution in [0.25, 0.3) is 11.1 Å². The number of rotatable bonds is 3. The maximum Gasteiger partial charge on any atom is 0.124 e. The molecule has 1 unspecified atom stereocenters. The Balaban J connectivity index is 1.43. The second-order valence-electron chi connectivity index (χ2n) is 8.28. The maximum atomic E-state index is 6.00. The van der Waals surface area contributed by atoms with Crippen LogP contribution in [0.2, 0.25) is 0 Å². The number of benzene rings is 1. The molecule has 1 atom stereocenters. The molecular formula is C23H30N4O2. The van der Waals surface area contributed by atoms with Gasteiger partial charge in [0, 0.05) is 69.1 Å². The molecule has 5 rings (SSSR count). The minimum Gasteiger partial charge on any atom is -0.493 e. The Kier molecular flexibility index (Phi) is 5.40. The topological polar surface area (TPSA) is 41.1 Å². The Bertz CT molecular complexity index is 845. The third-order valence-electron chi connectivity index (χ3n) is 6.43. The number of hydrogen-bond acceptors (Lipinski definition) is 6. The van der Waals surface area contributed by atoms with Gasteiger partial charge >= 0.3 is 0 Å². The summed E-state index contributed by atoms with van der Waals surface area (Å²) in [6.45, 7) is 8.74. The van der Waals surface area contributed by atoms with E-state index in [0.29, 0.717) is 6.04 Å². The first-order chi connectivity index (χ1) is 14.3. The molecule has 0 saturated carbocycles. The molecule has 0 radical (unpaired) electrons. The van der Waals surface area contributed by atoms with E-state index in [9.17, 15) is 0 Å². The van der Waals surface area contributed by atoms with Crippen LogP contribution in [-0.4, -0.2) is 80.9 Å². The Morgan fingerprint density at radius 2 is 1.72 bits per heavy atom. The van der Waals surface area contributed by atoms with E-state index in [1.165, 1.54) is 22.4 Å². The van der Waals surface area contributed by atoms with Crippen molar-refractivity contribution >= 4 is 5.69 Å². The van der Waals surface area contributed by atoms with Crippen molar-refractivity contribution in [3.05, 3.63) is 42.2 Å². The molecule has 3 aliphatic rings. The third-order valence-corrected chi connectivity index (χ3v) is 6.43. The molecule has 4 heterocycles. The Morgan fingerprint density at radius 3 is 2.55 bits per heavy atom.